The summed E-state index contributed by atoms with van der Waals surface area (Å²) >= 11 is 6.15. The molecule has 1 aromatic carbocycles. The first-order chi connectivity index (χ1) is 12.5. The fourth-order valence-corrected chi connectivity index (χ4v) is 2.82. The molecule has 0 radical (unpaired) electrons. The largest absolute Gasteiger partial charge is 0.325 e. The van der Waals surface area contributed by atoms with E-state index < -0.39 is 0 Å². The Bertz CT molecular complexity index is 746. The minimum absolute atomic E-state index is 0.00802. The fraction of sp³-hybridized carbons (Fsp3) is 0.474. The number of amides is 3. The van der Waals surface area contributed by atoms with Crippen molar-refractivity contribution in [3.8, 4) is 11.8 Å². The molecule has 1 aromatic rings. The molecule has 0 spiro atoms. The number of rotatable bonds is 3. The van der Waals surface area contributed by atoms with Crippen LogP contribution in [0.4, 0.5) is 10.5 Å². The molecule has 2 fully saturated rings. The topological polar surface area (TPSA) is 73.5 Å². The molecule has 7 heteroatoms. The van der Waals surface area contributed by atoms with Crippen LogP contribution >= 0.6 is 11.6 Å². The van der Waals surface area contributed by atoms with Crippen molar-refractivity contribution < 1.29 is 9.59 Å². The summed E-state index contributed by atoms with van der Waals surface area (Å²) in [4.78, 5) is 25.9. The number of carbonyl (C=O) groups excluding carboxylic acids is 2. The van der Waals surface area contributed by atoms with Crippen LogP contribution < -0.4 is 16.0 Å². The van der Waals surface area contributed by atoms with E-state index in [1.54, 1.807) is 23.1 Å². The van der Waals surface area contributed by atoms with Crippen molar-refractivity contribution in [2.24, 2.45) is 5.92 Å². The maximum atomic E-state index is 12.2. The molecule has 1 aliphatic heterocycles. The second kappa shape index (κ2) is 8.43. The van der Waals surface area contributed by atoms with Crippen LogP contribution in [0.5, 0.6) is 0 Å². The van der Waals surface area contributed by atoms with Gasteiger partial charge in [0.15, 0.2) is 0 Å². The van der Waals surface area contributed by atoms with E-state index in [0.717, 1.165) is 31.5 Å². The number of halogens is 1. The zero-order chi connectivity index (χ0) is 18.5. The number of hydrogen-bond acceptors (Lipinski definition) is 3. The molecular weight excluding hydrogens is 352 g/mol. The standard InChI is InChI=1S/C19H23ClN4O2/c1-13(22-19(26)24-10-8-21-9-11-24)2-3-14-4-7-16(20)17(12-14)23-18(25)15-5-6-15/h4,7,12-13,15,21H,5-6,8-11H2,1H3,(H,22,26)(H,23,25). The molecule has 1 heterocycles. The van der Waals surface area contributed by atoms with Crippen molar-refractivity contribution in [1.82, 2.24) is 15.5 Å². The van der Waals surface area contributed by atoms with Crippen molar-refractivity contribution in [2.75, 3.05) is 31.5 Å². The SMILES string of the molecule is CC(C#Cc1ccc(Cl)c(NC(=O)C2CC2)c1)NC(=O)N1CCNCC1. The predicted molar refractivity (Wildman–Crippen MR) is 102 cm³/mol. The van der Waals surface area contributed by atoms with Crippen LogP contribution in [-0.4, -0.2) is 49.1 Å². The van der Waals surface area contributed by atoms with Crippen LogP contribution in [0, 0.1) is 17.8 Å². The number of nitrogens with zero attached hydrogens (tertiary/aromatic N) is 1. The Labute approximate surface area is 158 Å². The highest BCUT2D eigenvalue weighted by molar-refractivity contribution is 6.33. The Morgan fingerprint density at radius 3 is 2.73 bits per heavy atom. The van der Waals surface area contributed by atoms with Gasteiger partial charge in [0.2, 0.25) is 5.91 Å². The average Bonchev–Trinajstić information content (AvgIpc) is 3.48. The third-order valence-corrected chi connectivity index (χ3v) is 4.68. The molecule has 1 saturated heterocycles. The maximum Gasteiger partial charge on any atom is 0.318 e. The number of carbonyl (C=O) groups is 2. The average molecular weight is 375 g/mol. The van der Waals surface area contributed by atoms with Crippen LogP contribution in [-0.2, 0) is 4.79 Å². The Hall–Kier alpha value is -2.23. The summed E-state index contributed by atoms with van der Waals surface area (Å²) < 4.78 is 0. The van der Waals surface area contributed by atoms with E-state index in [9.17, 15) is 9.59 Å². The number of piperazine rings is 1. The lowest BCUT2D eigenvalue weighted by atomic mass is 10.2. The summed E-state index contributed by atoms with van der Waals surface area (Å²) in [6.45, 7) is 4.88. The van der Waals surface area contributed by atoms with Gasteiger partial charge in [0.1, 0.15) is 0 Å². The van der Waals surface area contributed by atoms with Gasteiger partial charge in [-0.25, -0.2) is 4.79 Å². The summed E-state index contributed by atoms with van der Waals surface area (Å²) in [6.07, 6.45) is 1.88. The van der Waals surface area contributed by atoms with E-state index >= 15 is 0 Å². The third-order valence-electron chi connectivity index (χ3n) is 4.35. The van der Waals surface area contributed by atoms with E-state index in [1.165, 1.54) is 0 Å². The van der Waals surface area contributed by atoms with E-state index in [2.05, 4.69) is 27.8 Å². The predicted octanol–water partition coefficient (Wildman–Crippen LogP) is 2.04. The molecular formula is C19H23ClN4O2. The third kappa shape index (κ3) is 5.13. The molecule has 3 rings (SSSR count). The molecule has 1 saturated carbocycles. The highest BCUT2D eigenvalue weighted by atomic mass is 35.5. The van der Waals surface area contributed by atoms with Crippen LogP contribution in [0.25, 0.3) is 0 Å². The molecule has 26 heavy (non-hydrogen) atoms. The van der Waals surface area contributed by atoms with Crippen LogP contribution in [0.15, 0.2) is 18.2 Å². The van der Waals surface area contributed by atoms with E-state index in [-0.39, 0.29) is 23.9 Å². The molecule has 138 valence electrons. The lowest BCUT2D eigenvalue weighted by Gasteiger charge is -2.28. The summed E-state index contributed by atoms with van der Waals surface area (Å²) in [5, 5.41) is 9.45. The van der Waals surface area contributed by atoms with Crippen molar-refractivity contribution in [3.05, 3.63) is 28.8 Å². The molecule has 2 aliphatic rings. The van der Waals surface area contributed by atoms with Gasteiger partial charge in [-0.05, 0) is 38.0 Å². The summed E-state index contributed by atoms with van der Waals surface area (Å²) in [6, 6.07) is 4.91. The highest BCUT2D eigenvalue weighted by Crippen LogP contribution is 2.31. The number of nitrogens with one attached hydrogen (secondary N) is 3. The van der Waals surface area contributed by atoms with Crippen molar-refractivity contribution in [1.29, 1.82) is 0 Å². The van der Waals surface area contributed by atoms with Crippen molar-refractivity contribution in [2.45, 2.75) is 25.8 Å². The Morgan fingerprint density at radius 1 is 1.31 bits per heavy atom. The van der Waals surface area contributed by atoms with Crippen LogP contribution in [0.3, 0.4) is 0 Å². The molecule has 3 N–H and O–H groups in total. The highest BCUT2D eigenvalue weighted by Gasteiger charge is 2.29. The van der Waals surface area contributed by atoms with Gasteiger partial charge in [0.25, 0.3) is 0 Å². The van der Waals surface area contributed by atoms with Gasteiger partial charge in [0, 0.05) is 37.7 Å². The van der Waals surface area contributed by atoms with Crippen LogP contribution in [0.1, 0.15) is 25.3 Å². The number of anilines is 1. The molecule has 1 atom stereocenters. The van der Waals surface area contributed by atoms with Gasteiger partial charge in [-0.1, -0.05) is 23.4 Å². The maximum absolute atomic E-state index is 12.2. The van der Waals surface area contributed by atoms with Gasteiger partial charge in [0.05, 0.1) is 16.8 Å². The normalized spacial score (nSPS) is 17.7. The Kier molecular flexibility index (Phi) is 6.02. The first-order valence-corrected chi connectivity index (χ1v) is 9.29. The van der Waals surface area contributed by atoms with Gasteiger partial charge in [-0.3, -0.25) is 4.79 Å². The van der Waals surface area contributed by atoms with E-state index in [4.69, 9.17) is 11.6 Å². The molecule has 6 nitrogen and oxygen atoms in total. The zero-order valence-electron chi connectivity index (χ0n) is 14.8. The number of hydrogen-bond donors (Lipinski definition) is 3. The minimum Gasteiger partial charge on any atom is -0.325 e. The first-order valence-electron chi connectivity index (χ1n) is 8.91. The van der Waals surface area contributed by atoms with Crippen molar-refractivity contribution in [3.63, 3.8) is 0 Å². The van der Waals surface area contributed by atoms with Gasteiger partial charge < -0.3 is 20.9 Å². The number of urea groups is 1. The molecule has 1 aliphatic carbocycles. The van der Waals surface area contributed by atoms with Gasteiger partial charge in [-0.15, -0.1) is 0 Å². The molecule has 0 aromatic heterocycles. The smallest absolute Gasteiger partial charge is 0.318 e. The van der Waals surface area contributed by atoms with E-state index in [1.807, 2.05) is 6.92 Å². The fourth-order valence-electron chi connectivity index (χ4n) is 2.65. The minimum atomic E-state index is -0.280. The summed E-state index contributed by atoms with van der Waals surface area (Å²) in [7, 11) is 0. The zero-order valence-corrected chi connectivity index (χ0v) is 15.5. The van der Waals surface area contributed by atoms with Crippen LogP contribution in [0.2, 0.25) is 5.02 Å². The Balaban J connectivity index is 1.59. The molecule has 3 amide bonds. The second-order valence-corrected chi connectivity index (χ2v) is 7.04. The Morgan fingerprint density at radius 2 is 2.04 bits per heavy atom. The van der Waals surface area contributed by atoms with Crippen molar-refractivity contribution >= 4 is 29.2 Å². The van der Waals surface area contributed by atoms with Gasteiger partial charge in [-0.2, -0.15) is 0 Å². The summed E-state index contributed by atoms with van der Waals surface area (Å²) in [5.41, 5.74) is 1.32. The number of benzene rings is 1. The first kappa shape index (κ1) is 18.6. The summed E-state index contributed by atoms with van der Waals surface area (Å²) in [5.74, 6) is 6.18. The molecule has 1 unspecified atom stereocenters. The monoisotopic (exact) mass is 374 g/mol. The quantitative estimate of drug-likeness (QED) is 0.709. The van der Waals surface area contributed by atoms with Gasteiger partial charge >= 0.3 is 6.03 Å². The van der Waals surface area contributed by atoms with E-state index in [0.29, 0.717) is 23.8 Å². The molecule has 0 bridgehead atoms. The lowest BCUT2D eigenvalue weighted by molar-refractivity contribution is -0.117. The second-order valence-electron chi connectivity index (χ2n) is 6.64. The lowest BCUT2D eigenvalue weighted by Crippen LogP contribution is -2.51.